The molecule has 0 aliphatic rings. The van der Waals surface area contributed by atoms with Gasteiger partial charge >= 0.3 is 0 Å². The molecule has 0 N–H and O–H groups in total. The molecule has 0 aliphatic carbocycles. The first kappa shape index (κ1) is 14.9. The van der Waals surface area contributed by atoms with Crippen LogP contribution in [0.2, 0.25) is 0 Å². The van der Waals surface area contributed by atoms with Crippen LogP contribution in [0.15, 0.2) is 60.7 Å². The summed E-state index contributed by atoms with van der Waals surface area (Å²) in [5, 5.41) is 8.85. The van der Waals surface area contributed by atoms with Gasteiger partial charge < -0.3 is 0 Å². The van der Waals surface area contributed by atoms with Gasteiger partial charge in [0, 0.05) is 11.1 Å². The Labute approximate surface area is 132 Å². The molecule has 0 spiro atoms. The van der Waals surface area contributed by atoms with Crippen LogP contribution in [-0.4, -0.2) is 4.98 Å². The van der Waals surface area contributed by atoms with Crippen LogP contribution < -0.4 is 0 Å². The van der Waals surface area contributed by atoms with Crippen LogP contribution in [0.5, 0.6) is 0 Å². The fourth-order valence-electron chi connectivity index (χ4n) is 2.42. The van der Waals surface area contributed by atoms with Gasteiger partial charge in [0.05, 0.1) is 23.9 Å². The highest BCUT2D eigenvalue weighted by Crippen LogP contribution is 2.31. The van der Waals surface area contributed by atoms with E-state index in [9.17, 15) is 8.78 Å². The third kappa shape index (κ3) is 3.24. The van der Waals surface area contributed by atoms with Crippen LogP contribution in [0.4, 0.5) is 8.78 Å². The Morgan fingerprint density at radius 2 is 1.52 bits per heavy atom. The van der Waals surface area contributed by atoms with Crippen LogP contribution in [0.25, 0.3) is 22.4 Å². The van der Waals surface area contributed by atoms with Gasteiger partial charge in [0.1, 0.15) is 11.6 Å². The minimum absolute atomic E-state index is 0.158. The van der Waals surface area contributed by atoms with E-state index in [0.717, 1.165) is 0 Å². The van der Waals surface area contributed by atoms with Crippen molar-refractivity contribution in [3.63, 3.8) is 0 Å². The van der Waals surface area contributed by atoms with Crippen molar-refractivity contribution in [2.24, 2.45) is 0 Å². The number of hydrogen-bond donors (Lipinski definition) is 0. The summed E-state index contributed by atoms with van der Waals surface area (Å²) >= 11 is 0. The van der Waals surface area contributed by atoms with Crippen LogP contribution >= 0.6 is 0 Å². The topological polar surface area (TPSA) is 36.7 Å². The van der Waals surface area contributed by atoms with E-state index in [4.69, 9.17) is 5.26 Å². The Hall–Kier alpha value is -3.06. The van der Waals surface area contributed by atoms with Gasteiger partial charge in [-0.15, -0.1) is 0 Å². The zero-order chi connectivity index (χ0) is 16.2. The Balaban J connectivity index is 2.21. The van der Waals surface area contributed by atoms with E-state index in [1.807, 2.05) is 6.07 Å². The molecule has 23 heavy (non-hydrogen) atoms. The Morgan fingerprint density at radius 1 is 0.870 bits per heavy atom. The van der Waals surface area contributed by atoms with Crippen molar-refractivity contribution in [3.8, 4) is 28.5 Å². The lowest BCUT2D eigenvalue weighted by atomic mass is 9.98. The molecule has 2 nitrogen and oxygen atoms in total. The van der Waals surface area contributed by atoms with Crippen molar-refractivity contribution in [1.82, 2.24) is 4.98 Å². The molecular formula is C19H12F2N2. The van der Waals surface area contributed by atoms with Gasteiger partial charge in [0.2, 0.25) is 0 Å². The molecule has 0 amide bonds. The summed E-state index contributed by atoms with van der Waals surface area (Å²) in [5.74, 6) is -0.728. The maximum absolute atomic E-state index is 13.6. The molecule has 0 atom stereocenters. The van der Waals surface area contributed by atoms with Crippen LogP contribution in [0, 0.1) is 23.0 Å². The van der Waals surface area contributed by atoms with E-state index in [0.29, 0.717) is 28.1 Å². The smallest absolute Gasteiger partial charge is 0.123 e. The number of benzene rings is 2. The molecule has 0 fully saturated rings. The Kier molecular flexibility index (Phi) is 4.11. The van der Waals surface area contributed by atoms with Crippen molar-refractivity contribution in [1.29, 1.82) is 5.26 Å². The lowest BCUT2D eigenvalue weighted by molar-refractivity contribution is 0.627. The highest BCUT2D eigenvalue weighted by Gasteiger charge is 2.12. The van der Waals surface area contributed by atoms with Gasteiger partial charge in [-0.25, -0.2) is 8.78 Å². The quantitative estimate of drug-likeness (QED) is 0.699. The highest BCUT2D eigenvalue weighted by molar-refractivity contribution is 5.80. The average molecular weight is 306 g/mol. The zero-order valence-corrected chi connectivity index (χ0v) is 12.1. The zero-order valence-electron chi connectivity index (χ0n) is 12.1. The molecule has 3 rings (SSSR count). The van der Waals surface area contributed by atoms with E-state index in [-0.39, 0.29) is 18.1 Å². The monoisotopic (exact) mass is 306 g/mol. The van der Waals surface area contributed by atoms with Crippen LogP contribution in [0.3, 0.4) is 0 Å². The lowest BCUT2D eigenvalue weighted by Gasteiger charge is -2.11. The molecule has 1 aromatic heterocycles. The van der Waals surface area contributed by atoms with E-state index >= 15 is 0 Å². The van der Waals surface area contributed by atoms with Gasteiger partial charge in [-0.3, -0.25) is 4.98 Å². The summed E-state index contributed by atoms with van der Waals surface area (Å²) in [6, 6.07) is 17.8. The minimum atomic E-state index is -0.375. The second-order valence-corrected chi connectivity index (χ2v) is 5.05. The van der Waals surface area contributed by atoms with Crippen LogP contribution in [0.1, 0.15) is 5.69 Å². The van der Waals surface area contributed by atoms with Crippen molar-refractivity contribution < 1.29 is 8.78 Å². The third-order valence-corrected chi connectivity index (χ3v) is 3.45. The van der Waals surface area contributed by atoms with Crippen molar-refractivity contribution in [3.05, 3.63) is 78.0 Å². The summed E-state index contributed by atoms with van der Waals surface area (Å²) in [5.41, 5.74) is 3.05. The molecule has 4 heteroatoms. The summed E-state index contributed by atoms with van der Waals surface area (Å²) in [6.45, 7) is 0. The summed E-state index contributed by atoms with van der Waals surface area (Å²) in [4.78, 5) is 4.47. The molecule has 0 unspecified atom stereocenters. The Morgan fingerprint density at radius 3 is 2.17 bits per heavy atom. The van der Waals surface area contributed by atoms with Crippen molar-refractivity contribution >= 4 is 0 Å². The van der Waals surface area contributed by atoms with E-state index in [1.54, 1.807) is 36.4 Å². The number of nitriles is 1. The molecule has 0 saturated carbocycles. The molecule has 0 bridgehead atoms. The standard InChI is InChI=1S/C19H12F2N2/c20-15-5-1-3-13(11-15)18-8-7-17(9-10-22)23-19(18)14-4-2-6-16(21)12-14/h1-8,11-12H,9H2. The first-order valence-corrected chi connectivity index (χ1v) is 7.06. The minimum Gasteiger partial charge on any atom is -0.251 e. The van der Waals surface area contributed by atoms with Crippen LogP contribution in [-0.2, 0) is 6.42 Å². The normalized spacial score (nSPS) is 10.3. The Bertz CT molecular complexity index is 898. The second-order valence-electron chi connectivity index (χ2n) is 5.05. The van der Waals surface area contributed by atoms with Gasteiger partial charge in [-0.2, -0.15) is 5.26 Å². The lowest BCUT2D eigenvalue weighted by Crippen LogP contribution is -1.95. The van der Waals surface area contributed by atoms with E-state index in [2.05, 4.69) is 4.98 Å². The maximum atomic E-state index is 13.6. The summed E-state index contributed by atoms with van der Waals surface area (Å²) in [6.07, 6.45) is 0.158. The molecule has 112 valence electrons. The van der Waals surface area contributed by atoms with Crippen molar-refractivity contribution in [2.45, 2.75) is 6.42 Å². The summed E-state index contributed by atoms with van der Waals surface area (Å²) < 4.78 is 27.1. The fraction of sp³-hybridized carbons (Fsp3) is 0.0526. The molecule has 0 aliphatic heterocycles. The number of nitrogens with zero attached hydrogens (tertiary/aromatic N) is 2. The number of aromatic nitrogens is 1. The predicted octanol–water partition coefficient (Wildman–Crippen LogP) is 4.76. The number of halogens is 2. The molecule has 0 radical (unpaired) electrons. The average Bonchev–Trinajstić information content (AvgIpc) is 2.55. The number of hydrogen-bond acceptors (Lipinski definition) is 2. The largest absolute Gasteiger partial charge is 0.251 e. The SMILES string of the molecule is N#CCc1ccc(-c2cccc(F)c2)c(-c2cccc(F)c2)n1. The fourth-order valence-corrected chi connectivity index (χ4v) is 2.42. The third-order valence-electron chi connectivity index (χ3n) is 3.45. The molecule has 1 heterocycles. The second kappa shape index (κ2) is 6.37. The number of rotatable bonds is 3. The first-order valence-electron chi connectivity index (χ1n) is 7.06. The molecule has 2 aromatic carbocycles. The van der Waals surface area contributed by atoms with E-state index in [1.165, 1.54) is 24.3 Å². The van der Waals surface area contributed by atoms with Gasteiger partial charge in [0.25, 0.3) is 0 Å². The molecule has 3 aromatic rings. The maximum Gasteiger partial charge on any atom is 0.123 e. The predicted molar refractivity (Wildman–Crippen MR) is 84.3 cm³/mol. The highest BCUT2D eigenvalue weighted by atomic mass is 19.1. The van der Waals surface area contributed by atoms with Gasteiger partial charge in [-0.05, 0) is 35.9 Å². The van der Waals surface area contributed by atoms with E-state index < -0.39 is 0 Å². The first-order chi connectivity index (χ1) is 11.2. The van der Waals surface area contributed by atoms with Crippen molar-refractivity contribution in [2.75, 3.05) is 0 Å². The van der Waals surface area contributed by atoms with Gasteiger partial charge in [-0.1, -0.05) is 30.3 Å². The molecular weight excluding hydrogens is 294 g/mol. The van der Waals surface area contributed by atoms with Gasteiger partial charge in [0.15, 0.2) is 0 Å². The molecule has 0 saturated heterocycles. The summed E-state index contributed by atoms with van der Waals surface area (Å²) in [7, 11) is 0. The number of pyridine rings is 1.